The monoisotopic (exact) mass is 434 g/mol. The first-order valence-corrected chi connectivity index (χ1v) is 11.6. The fourth-order valence-corrected chi connectivity index (χ4v) is 4.28. The Morgan fingerprint density at radius 1 is 0.806 bits per heavy atom. The van der Waals surface area contributed by atoms with E-state index >= 15 is 0 Å². The van der Waals surface area contributed by atoms with Gasteiger partial charge >= 0.3 is 0 Å². The molecule has 170 valence electrons. The molecule has 0 heterocycles. The van der Waals surface area contributed by atoms with Crippen molar-refractivity contribution in [3.63, 3.8) is 0 Å². The fourth-order valence-electron chi connectivity index (χ4n) is 4.28. The second kappa shape index (κ2) is 11.4. The Kier molecular flexibility index (Phi) is 8.68. The van der Waals surface area contributed by atoms with Crippen LogP contribution in [0.15, 0.2) is 30.3 Å². The van der Waals surface area contributed by atoms with E-state index in [0.29, 0.717) is 19.1 Å². The SMILES string of the molecule is CCCCOc1ccc(-c2ccc(OCC3CCC(CCC)CC3)c(F)c2F)cc1F. The molecule has 0 amide bonds. The third-order valence-electron chi connectivity index (χ3n) is 6.18. The summed E-state index contributed by atoms with van der Waals surface area (Å²) in [5.74, 6) is -1.44. The maximum absolute atomic E-state index is 14.7. The number of ether oxygens (including phenoxy) is 2. The molecule has 0 aromatic heterocycles. The van der Waals surface area contributed by atoms with Crippen molar-refractivity contribution in [3.8, 4) is 22.6 Å². The maximum Gasteiger partial charge on any atom is 0.201 e. The molecule has 0 radical (unpaired) electrons. The van der Waals surface area contributed by atoms with Gasteiger partial charge in [-0.15, -0.1) is 0 Å². The number of benzene rings is 2. The molecule has 2 nitrogen and oxygen atoms in total. The summed E-state index contributed by atoms with van der Waals surface area (Å²) in [7, 11) is 0. The van der Waals surface area contributed by atoms with E-state index in [0.717, 1.165) is 31.6 Å². The first-order valence-electron chi connectivity index (χ1n) is 11.6. The van der Waals surface area contributed by atoms with Gasteiger partial charge in [0.15, 0.2) is 23.1 Å². The van der Waals surface area contributed by atoms with Crippen molar-refractivity contribution >= 4 is 0 Å². The highest BCUT2D eigenvalue weighted by Crippen LogP contribution is 2.34. The van der Waals surface area contributed by atoms with E-state index in [9.17, 15) is 13.2 Å². The van der Waals surface area contributed by atoms with E-state index in [1.165, 1.54) is 56.0 Å². The van der Waals surface area contributed by atoms with Crippen LogP contribution in [0.4, 0.5) is 13.2 Å². The van der Waals surface area contributed by atoms with E-state index in [4.69, 9.17) is 9.47 Å². The third-order valence-corrected chi connectivity index (χ3v) is 6.18. The van der Waals surface area contributed by atoms with Crippen LogP contribution in [0, 0.1) is 29.3 Å². The number of rotatable bonds is 10. The summed E-state index contributed by atoms with van der Waals surface area (Å²) in [5, 5.41) is 0. The molecular weight excluding hydrogens is 401 g/mol. The van der Waals surface area contributed by atoms with E-state index in [2.05, 4.69) is 6.92 Å². The van der Waals surface area contributed by atoms with Crippen LogP contribution >= 0.6 is 0 Å². The Morgan fingerprint density at radius 3 is 2.19 bits per heavy atom. The first-order chi connectivity index (χ1) is 15.0. The molecule has 1 saturated carbocycles. The van der Waals surface area contributed by atoms with Gasteiger partial charge in [-0.25, -0.2) is 8.78 Å². The van der Waals surface area contributed by atoms with Crippen molar-refractivity contribution < 1.29 is 22.6 Å². The van der Waals surface area contributed by atoms with Gasteiger partial charge < -0.3 is 9.47 Å². The van der Waals surface area contributed by atoms with Crippen LogP contribution < -0.4 is 9.47 Å². The Labute approximate surface area is 183 Å². The van der Waals surface area contributed by atoms with Crippen LogP contribution in [-0.2, 0) is 0 Å². The predicted octanol–water partition coefficient (Wildman–Crippen LogP) is 7.94. The van der Waals surface area contributed by atoms with Crippen LogP contribution in [0.5, 0.6) is 11.5 Å². The molecule has 0 atom stereocenters. The zero-order valence-corrected chi connectivity index (χ0v) is 18.6. The summed E-state index contributed by atoms with van der Waals surface area (Å²) >= 11 is 0. The lowest BCUT2D eigenvalue weighted by atomic mass is 9.80. The molecule has 1 aliphatic rings. The minimum Gasteiger partial charge on any atom is -0.491 e. The van der Waals surface area contributed by atoms with Gasteiger partial charge in [-0.05, 0) is 60.9 Å². The quantitative estimate of drug-likeness (QED) is 0.353. The standard InChI is InChI=1S/C26H33F3O2/c1-3-5-15-30-23-13-11-20(16-22(23)27)21-12-14-24(26(29)25(21)28)31-17-19-9-7-18(6-4-2)8-10-19/h11-14,16,18-19H,3-10,15,17H2,1-2H3. The number of hydrogen-bond donors (Lipinski definition) is 0. The normalized spacial score (nSPS) is 18.7. The van der Waals surface area contributed by atoms with Gasteiger partial charge in [-0.2, -0.15) is 4.39 Å². The van der Waals surface area contributed by atoms with Gasteiger partial charge in [-0.1, -0.05) is 52.0 Å². The molecule has 5 heteroatoms. The van der Waals surface area contributed by atoms with E-state index < -0.39 is 17.5 Å². The van der Waals surface area contributed by atoms with Crippen LogP contribution in [0.2, 0.25) is 0 Å². The number of hydrogen-bond acceptors (Lipinski definition) is 2. The highest BCUT2D eigenvalue weighted by atomic mass is 19.2. The van der Waals surface area contributed by atoms with Crippen LogP contribution in [0.1, 0.15) is 65.2 Å². The van der Waals surface area contributed by atoms with Gasteiger partial charge in [0.05, 0.1) is 13.2 Å². The molecule has 0 unspecified atom stereocenters. The molecule has 31 heavy (non-hydrogen) atoms. The topological polar surface area (TPSA) is 18.5 Å². The molecule has 0 spiro atoms. The molecule has 2 aromatic carbocycles. The van der Waals surface area contributed by atoms with E-state index in [1.807, 2.05) is 6.92 Å². The lowest BCUT2D eigenvalue weighted by molar-refractivity contribution is 0.173. The Morgan fingerprint density at radius 2 is 1.52 bits per heavy atom. The molecule has 3 rings (SSSR count). The zero-order valence-electron chi connectivity index (χ0n) is 18.6. The lowest BCUT2D eigenvalue weighted by Crippen LogP contribution is -2.20. The predicted molar refractivity (Wildman–Crippen MR) is 118 cm³/mol. The van der Waals surface area contributed by atoms with E-state index in [1.54, 1.807) is 0 Å². The molecule has 0 aliphatic heterocycles. The summed E-state index contributed by atoms with van der Waals surface area (Å²) in [6.45, 7) is 5.04. The maximum atomic E-state index is 14.7. The van der Waals surface area contributed by atoms with Crippen LogP contribution in [0.25, 0.3) is 11.1 Å². The summed E-state index contributed by atoms with van der Waals surface area (Å²) in [5.41, 5.74) is 0.265. The van der Waals surface area contributed by atoms with Gasteiger partial charge in [0.2, 0.25) is 5.82 Å². The van der Waals surface area contributed by atoms with E-state index in [-0.39, 0.29) is 22.6 Å². The lowest BCUT2D eigenvalue weighted by Gasteiger charge is -2.28. The minimum atomic E-state index is -1.03. The van der Waals surface area contributed by atoms with Crippen molar-refractivity contribution in [1.82, 2.24) is 0 Å². The molecule has 0 saturated heterocycles. The summed E-state index contributed by atoms with van der Waals surface area (Å²) in [4.78, 5) is 0. The second-order valence-corrected chi connectivity index (χ2v) is 8.57. The summed E-state index contributed by atoms with van der Waals surface area (Å²) < 4.78 is 54.7. The van der Waals surface area contributed by atoms with Gasteiger partial charge in [0.25, 0.3) is 0 Å². The Hall–Kier alpha value is -2.17. The van der Waals surface area contributed by atoms with Crippen LogP contribution in [-0.4, -0.2) is 13.2 Å². The van der Waals surface area contributed by atoms with Crippen molar-refractivity contribution in [2.24, 2.45) is 11.8 Å². The number of unbranched alkanes of at least 4 members (excludes halogenated alkanes) is 1. The summed E-state index contributed by atoms with van der Waals surface area (Å²) in [6, 6.07) is 7.04. The fraction of sp³-hybridized carbons (Fsp3) is 0.538. The minimum absolute atomic E-state index is 0.00364. The van der Waals surface area contributed by atoms with Crippen molar-refractivity contribution in [2.45, 2.75) is 65.2 Å². The third kappa shape index (κ3) is 6.18. The van der Waals surface area contributed by atoms with Gasteiger partial charge in [-0.3, -0.25) is 0 Å². The molecule has 2 aromatic rings. The smallest absolute Gasteiger partial charge is 0.201 e. The highest BCUT2D eigenvalue weighted by Gasteiger charge is 2.22. The Balaban J connectivity index is 1.63. The second-order valence-electron chi connectivity index (χ2n) is 8.57. The molecule has 0 bridgehead atoms. The van der Waals surface area contributed by atoms with Crippen molar-refractivity contribution in [2.75, 3.05) is 13.2 Å². The van der Waals surface area contributed by atoms with Gasteiger partial charge in [0.1, 0.15) is 0 Å². The number of halogens is 3. The highest BCUT2D eigenvalue weighted by molar-refractivity contribution is 5.66. The van der Waals surface area contributed by atoms with Crippen molar-refractivity contribution in [1.29, 1.82) is 0 Å². The summed E-state index contributed by atoms with van der Waals surface area (Å²) in [6.07, 6.45) is 8.74. The van der Waals surface area contributed by atoms with Crippen molar-refractivity contribution in [3.05, 3.63) is 47.8 Å². The van der Waals surface area contributed by atoms with Gasteiger partial charge in [0, 0.05) is 5.56 Å². The largest absolute Gasteiger partial charge is 0.491 e. The average Bonchev–Trinajstić information content (AvgIpc) is 2.77. The molecule has 1 fully saturated rings. The molecule has 0 N–H and O–H groups in total. The average molecular weight is 435 g/mol. The molecular formula is C26H33F3O2. The first kappa shape index (κ1) is 23.5. The zero-order chi connectivity index (χ0) is 22.2. The molecule has 1 aliphatic carbocycles. The Bertz CT molecular complexity index is 845. The van der Waals surface area contributed by atoms with Crippen LogP contribution in [0.3, 0.4) is 0 Å².